The van der Waals surface area contributed by atoms with Crippen molar-refractivity contribution in [2.45, 2.75) is 38.6 Å². The van der Waals surface area contributed by atoms with E-state index in [1.54, 1.807) is 5.56 Å². The summed E-state index contributed by atoms with van der Waals surface area (Å²) in [7, 11) is 0. The van der Waals surface area contributed by atoms with Gasteiger partial charge in [-0.2, -0.15) is 0 Å². The number of piperidine rings is 1. The maximum atomic E-state index is 3.70. The van der Waals surface area contributed by atoms with Crippen LogP contribution in [0.2, 0.25) is 0 Å². The van der Waals surface area contributed by atoms with E-state index < -0.39 is 0 Å². The van der Waals surface area contributed by atoms with Gasteiger partial charge in [0.15, 0.2) is 0 Å². The van der Waals surface area contributed by atoms with Crippen molar-refractivity contribution in [1.82, 2.24) is 9.88 Å². The molecule has 1 N–H and O–H groups in total. The Balaban J connectivity index is 1.76. The quantitative estimate of drug-likeness (QED) is 0.882. The summed E-state index contributed by atoms with van der Waals surface area (Å²) >= 11 is 3.70. The molecule has 0 spiro atoms. The molecule has 2 aliphatic heterocycles. The molecule has 1 unspecified atom stereocenters. The average Bonchev–Trinajstić information content (AvgIpc) is 2.79. The molecule has 0 aliphatic carbocycles. The second kappa shape index (κ2) is 5.19. The highest BCUT2D eigenvalue weighted by molar-refractivity contribution is 9.10. The van der Waals surface area contributed by atoms with Gasteiger partial charge in [0.25, 0.3) is 0 Å². The van der Waals surface area contributed by atoms with Crippen LogP contribution >= 0.6 is 15.9 Å². The zero-order chi connectivity index (χ0) is 13.5. The standard InChI is InChI=1S/C17H21BrN2/c18-15-8-13-4-2-6-20-11-14(16(9-15)17(13)20)7-12-3-1-5-19-10-12/h8-9,11-12,19H,1-7,10H2. The van der Waals surface area contributed by atoms with Crippen LogP contribution in [0.3, 0.4) is 0 Å². The monoisotopic (exact) mass is 332 g/mol. The number of benzene rings is 1. The molecule has 0 bridgehead atoms. The Bertz CT molecular complexity index is 638. The van der Waals surface area contributed by atoms with Crippen molar-refractivity contribution in [3.8, 4) is 0 Å². The van der Waals surface area contributed by atoms with Crippen LogP contribution in [0.1, 0.15) is 30.4 Å². The Morgan fingerprint density at radius 3 is 3.10 bits per heavy atom. The number of rotatable bonds is 2. The van der Waals surface area contributed by atoms with E-state index in [9.17, 15) is 0 Å². The number of nitrogens with one attached hydrogen (secondary N) is 1. The summed E-state index contributed by atoms with van der Waals surface area (Å²) < 4.78 is 3.73. The van der Waals surface area contributed by atoms with E-state index in [0.29, 0.717) is 0 Å². The molecule has 0 saturated carbocycles. The van der Waals surface area contributed by atoms with Crippen molar-refractivity contribution in [3.63, 3.8) is 0 Å². The lowest BCUT2D eigenvalue weighted by atomic mass is 9.92. The molecule has 20 heavy (non-hydrogen) atoms. The molecule has 1 atom stereocenters. The van der Waals surface area contributed by atoms with Gasteiger partial charge in [-0.25, -0.2) is 0 Å². The third-order valence-electron chi connectivity index (χ3n) is 4.85. The second-order valence-corrected chi connectivity index (χ2v) is 7.24. The molecule has 2 aromatic rings. The van der Waals surface area contributed by atoms with Crippen molar-refractivity contribution in [1.29, 1.82) is 0 Å². The first-order valence-electron chi connectivity index (χ1n) is 7.82. The molecule has 3 heterocycles. The lowest BCUT2D eigenvalue weighted by Crippen LogP contribution is -2.30. The predicted molar refractivity (Wildman–Crippen MR) is 87.3 cm³/mol. The fourth-order valence-corrected chi connectivity index (χ4v) is 4.45. The highest BCUT2D eigenvalue weighted by Gasteiger charge is 2.20. The molecule has 1 aromatic carbocycles. The van der Waals surface area contributed by atoms with Crippen LogP contribution in [0, 0.1) is 5.92 Å². The molecule has 0 amide bonds. The van der Waals surface area contributed by atoms with Crippen LogP contribution in [0.4, 0.5) is 0 Å². The maximum absolute atomic E-state index is 3.70. The Morgan fingerprint density at radius 2 is 2.25 bits per heavy atom. The van der Waals surface area contributed by atoms with Gasteiger partial charge in [0.05, 0.1) is 5.52 Å². The first-order valence-corrected chi connectivity index (χ1v) is 8.61. The second-order valence-electron chi connectivity index (χ2n) is 6.33. The molecule has 4 rings (SSSR count). The highest BCUT2D eigenvalue weighted by atomic mass is 79.9. The van der Waals surface area contributed by atoms with E-state index in [2.05, 4.69) is 44.1 Å². The van der Waals surface area contributed by atoms with Gasteiger partial charge >= 0.3 is 0 Å². The summed E-state index contributed by atoms with van der Waals surface area (Å²) in [5.74, 6) is 0.811. The number of hydrogen-bond acceptors (Lipinski definition) is 1. The van der Waals surface area contributed by atoms with Gasteiger partial charge in [0.1, 0.15) is 0 Å². The van der Waals surface area contributed by atoms with Gasteiger partial charge in [0, 0.05) is 22.6 Å². The summed E-state index contributed by atoms with van der Waals surface area (Å²) in [5.41, 5.74) is 4.57. The molecule has 1 saturated heterocycles. The Labute approximate surface area is 128 Å². The third kappa shape index (κ3) is 2.21. The van der Waals surface area contributed by atoms with Gasteiger partial charge in [-0.15, -0.1) is 0 Å². The third-order valence-corrected chi connectivity index (χ3v) is 5.31. The molecular weight excluding hydrogens is 312 g/mol. The topological polar surface area (TPSA) is 17.0 Å². The highest BCUT2D eigenvalue weighted by Crippen LogP contribution is 2.34. The lowest BCUT2D eigenvalue weighted by molar-refractivity contribution is 0.376. The van der Waals surface area contributed by atoms with Crippen LogP contribution in [0.15, 0.2) is 22.8 Å². The van der Waals surface area contributed by atoms with Crippen molar-refractivity contribution >= 4 is 26.8 Å². The SMILES string of the molecule is Brc1cc2c3c(c1)c(CC1CCCNC1)cn3CCC2. The number of halogens is 1. The van der Waals surface area contributed by atoms with E-state index in [4.69, 9.17) is 0 Å². The Morgan fingerprint density at radius 1 is 1.30 bits per heavy atom. The fourth-order valence-electron chi connectivity index (χ4n) is 3.94. The van der Waals surface area contributed by atoms with E-state index in [1.807, 2.05) is 0 Å². The minimum Gasteiger partial charge on any atom is -0.347 e. The molecule has 1 fully saturated rings. The largest absolute Gasteiger partial charge is 0.347 e. The Hall–Kier alpha value is -0.800. The summed E-state index contributed by atoms with van der Waals surface area (Å²) in [6.45, 7) is 3.58. The summed E-state index contributed by atoms with van der Waals surface area (Å²) in [5, 5.41) is 5.03. The van der Waals surface area contributed by atoms with Crippen LogP contribution in [-0.4, -0.2) is 17.7 Å². The summed E-state index contributed by atoms with van der Waals surface area (Å²) in [6.07, 6.45) is 8.86. The zero-order valence-corrected chi connectivity index (χ0v) is 13.4. The zero-order valence-electron chi connectivity index (χ0n) is 11.8. The number of aromatic nitrogens is 1. The molecule has 2 aliphatic rings. The van der Waals surface area contributed by atoms with Gasteiger partial charge in [-0.3, -0.25) is 0 Å². The minimum absolute atomic E-state index is 0.811. The molecule has 106 valence electrons. The first kappa shape index (κ1) is 12.9. The van der Waals surface area contributed by atoms with Crippen LogP contribution in [-0.2, 0) is 19.4 Å². The van der Waals surface area contributed by atoms with Crippen molar-refractivity contribution in [2.24, 2.45) is 5.92 Å². The lowest BCUT2D eigenvalue weighted by Gasteiger charge is -2.22. The van der Waals surface area contributed by atoms with E-state index in [0.717, 1.165) is 5.92 Å². The van der Waals surface area contributed by atoms with Gasteiger partial charge in [-0.05, 0) is 74.4 Å². The normalized spacial score (nSPS) is 22.4. The van der Waals surface area contributed by atoms with Gasteiger partial charge < -0.3 is 9.88 Å². The smallest absolute Gasteiger partial charge is 0.0516 e. The number of hydrogen-bond donors (Lipinski definition) is 1. The van der Waals surface area contributed by atoms with Crippen LogP contribution in [0.25, 0.3) is 10.9 Å². The summed E-state index contributed by atoms with van der Waals surface area (Å²) in [6, 6.07) is 4.64. The van der Waals surface area contributed by atoms with Crippen molar-refractivity contribution in [3.05, 3.63) is 33.9 Å². The van der Waals surface area contributed by atoms with E-state index in [1.165, 1.54) is 72.7 Å². The van der Waals surface area contributed by atoms with Crippen molar-refractivity contribution in [2.75, 3.05) is 13.1 Å². The van der Waals surface area contributed by atoms with Gasteiger partial charge in [0.2, 0.25) is 0 Å². The summed E-state index contributed by atoms with van der Waals surface area (Å²) in [4.78, 5) is 0. The van der Waals surface area contributed by atoms with Crippen LogP contribution in [0.5, 0.6) is 0 Å². The molecule has 1 aromatic heterocycles. The minimum atomic E-state index is 0.811. The fraction of sp³-hybridized carbons (Fsp3) is 0.529. The van der Waals surface area contributed by atoms with Gasteiger partial charge in [-0.1, -0.05) is 15.9 Å². The molecule has 0 radical (unpaired) electrons. The predicted octanol–water partition coefficient (Wildman–Crippen LogP) is 3.89. The number of nitrogens with zero attached hydrogens (tertiary/aromatic N) is 1. The van der Waals surface area contributed by atoms with Crippen molar-refractivity contribution < 1.29 is 0 Å². The maximum Gasteiger partial charge on any atom is 0.0516 e. The van der Waals surface area contributed by atoms with Crippen LogP contribution < -0.4 is 5.32 Å². The first-order chi connectivity index (χ1) is 9.81. The Kier molecular flexibility index (Phi) is 3.35. The van der Waals surface area contributed by atoms with E-state index in [-0.39, 0.29) is 0 Å². The molecule has 3 heteroatoms. The average molecular weight is 333 g/mol. The number of aryl methyl sites for hydroxylation is 2. The molecule has 2 nitrogen and oxygen atoms in total. The van der Waals surface area contributed by atoms with E-state index >= 15 is 0 Å². The molecular formula is C17H21BrN2.